The van der Waals surface area contributed by atoms with E-state index in [-0.39, 0.29) is 29.7 Å². The fraction of sp³-hybridized carbons (Fsp3) is 0.600. The maximum Gasteiger partial charge on any atom is 0.334 e. The summed E-state index contributed by atoms with van der Waals surface area (Å²) in [5.74, 6) is 0.408. The van der Waals surface area contributed by atoms with E-state index in [4.69, 9.17) is 4.74 Å². The van der Waals surface area contributed by atoms with Crippen LogP contribution < -0.4 is 0 Å². The first kappa shape index (κ1) is 11.7. The van der Waals surface area contributed by atoms with Gasteiger partial charge in [0.05, 0.1) is 5.41 Å². The summed E-state index contributed by atoms with van der Waals surface area (Å²) in [6.07, 6.45) is 5.25. The summed E-state index contributed by atoms with van der Waals surface area (Å²) >= 11 is 0. The molecule has 0 radical (unpaired) electrons. The lowest BCUT2D eigenvalue weighted by molar-refractivity contribution is -0.150. The normalized spacial score (nSPS) is 46.7. The van der Waals surface area contributed by atoms with Gasteiger partial charge in [0.25, 0.3) is 0 Å². The fourth-order valence-corrected chi connectivity index (χ4v) is 3.94. The number of fused-ring (bicyclic) bond motifs is 3. The minimum Gasteiger partial charge on any atom is -0.457 e. The Morgan fingerprint density at radius 1 is 1.39 bits per heavy atom. The van der Waals surface area contributed by atoms with Crippen molar-refractivity contribution in [3.63, 3.8) is 0 Å². The molecule has 18 heavy (non-hydrogen) atoms. The number of ether oxygens (including phenoxy) is 1. The van der Waals surface area contributed by atoms with Crippen LogP contribution in [0.25, 0.3) is 0 Å². The first-order valence-electron chi connectivity index (χ1n) is 6.58. The van der Waals surface area contributed by atoms with Crippen molar-refractivity contribution in [1.82, 2.24) is 0 Å². The predicted octanol–water partition coefficient (Wildman–Crippen LogP) is 2.28. The van der Waals surface area contributed by atoms with E-state index < -0.39 is 5.41 Å². The Morgan fingerprint density at radius 2 is 2.11 bits per heavy atom. The monoisotopic (exact) mass is 246 g/mol. The molecule has 0 aromatic rings. The Kier molecular flexibility index (Phi) is 2.31. The molecule has 2 aliphatic carbocycles. The molecule has 1 aliphatic heterocycles. The number of allylic oxidation sites excluding steroid dienone is 2. The molecule has 1 saturated carbocycles. The van der Waals surface area contributed by atoms with Crippen LogP contribution in [0.2, 0.25) is 0 Å². The summed E-state index contributed by atoms with van der Waals surface area (Å²) in [5.41, 5.74) is -0.0378. The molecular formula is C15H18O3. The Labute approximate surface area is 107 Å². The van der Waals surface area contributed by atoms with E-state index >= 15 is 0 Å². The topological polar surface area (TPSA) is 43.4 Å². The van der Waals surface area contributed by atoms with Gasteiger partial charge in [-0.15, -0.1) is 0 Å². The van der Waals surface area contributed by atoms with Crippen LogP contribution in [-0.4, -0.2) is 17.9 Å². The first-order chi connectivity index (χ1) is 8.46. The molecule has 1 heterocycles. The van der Waals surface area contributed by atoms with E-state index in [0.717, 1.165) is 12.8 Å². The van der Waals surface area contributed by atoms with Gasteiger partial charge in [-0.3, -0.25) is 4.79 Å². The Morgan fingerprint density at radius 3 is 2.83 bits per heavy atom. The zero-order valence-corrected chi connectivity index (χ0v) is 10.8. The standard InChI is InChI=1S/C15H18O3/c1-8-4-5-10-9(2)14(17)18-13(10)15(3)11(8)6-7-12(15)16/h6-8,10-11,13H,2,4-5H2,1,3H3/t8-,10+,11+,13-,15+/m0/s1. The number of rotatable bonds is 0. The number of carbonyl (C=O) groups is 2. The minimum absolute atomic E-state index is 0.0128. The van der Waals surface area contributed by atoms with Crippen LogP contribution in [0.15, 0.2) is 24.3 Å². The van der Waals surface area contributed by atoms with Crippen molar-refractivity contribution in [2.24, 2.45) is 23.2 Å². The molecule has 5 atom stereocenters. The highest BCUT2D eigenvalue weighted by molar-refractivity contribution is 6.00. The maximum atomic E-state index is 12.3. The van der Waals surface area contributed by atoms with Crippen LogP contribution in [0.3, 0.4) is 0 Å². The number of esters is 1. The average molecular weight is 246 g/mol. The van der Waals surface area contributed by atoms with Gasteiger partial charge in [0, 0.05) is 11.5 Å². The molecule has 0 aromatic heterocycles. The van der Waals surface area contributed by atoms with Crippen LogP contribution in [-0.2, 0) is 14.3 Å². The highest BCUT2D eigenvalue weighted by Gasteiger charge is 2.59. The fourth-order valence-electron chi connectivity index (χ4n) is 3.94. The van der Waals surface area contributed by atoms with Crippen molar-refractivity contribution < 1.29 is 14.3 Å². The molecule has 0 N–H and O–H groups in total. The molecule has 0 aromatic carbocycles. The molecule has 1 saturated heterocycles. The number of carbonyl (C=O) groups excluding carboxylic acids is 2. The summed E-state index contributed by atoms with van der Waals surface area (Å²) in [7, 11) is 0. The van der Waals surface area contributed by atoms with Gasteiger partial charge in [-0.2, -0.15) is 0 Å². The van der Waals surface area contributed by atoms with E-state index in [1.54, 1.807) is 6.08 Å². The van der Waals surface area contributed by atoms with Crippen molar-refractivity contribution in [1.29, 1.82) is 0 Å². The third kappa shape index (κ3) is 1.25. The van der Waals surface area contributed by atoms with E-state index in [0.29, 0.717) is 11.5 Å². The van der Waals surface area contributed by atoms with E-state index in [2.05, 4.69) is 13.5 Å². The summed E-state index contributed by atoms with van der Waals surface area (Å²) in [5, 5.41) is 0. The van der Waals surface area contributed by atoms with Gasteiger partial charge in [-0.25, -0.2) is 4.79 Å². The van der Waals surface area contributed by atoms with Crippen molar-refractivity contribution in [2.75, 3.05) is 0 Å². The number of hydrogen-bond acceptors (Lipinski definition) is 3. The second-order valence-electron chi connectivity index (χ2n) is 6.04. The average Bonchev–Trinajstić information content (AvgIpc) is 2.75. The molecule has 0 unspecified atom stereocenters. The van der Waals surface area contributed by atoms with Gasteiger partial charge < -0.3 is 4.74 Å². The molecule has 3 rings (SSSR count). The SMILES string of the molecule is C=C1C(=O)O[C@H]2[C@@H]1CC[C@H](C)[C@H]1C=CC(=O)[C@@]12C. The second kappa shape index (κ2) is 3.56. The van der Waals surface area contributed by atoms with Gasteiger partial charge >= 0.3 is 5.97 Å². The van der Waals surface area contributed by atoms with Gasteiger partial charge in [-0.1, -0.05) is 19.6 Å². The smallest absolute Gasteiger partial charge is 0.334 e. The zero-order chi connectivity index (χ0) is 13.1. The largest absolute Gasteiger partial charge is 0.457 e. The van der Waals surface area contributed by atoms with Crippen molar-refractivity contribution in [3.05, 3.63) is 24.3 Å². The third-order valence-corrected chi connectivity index (χ3v) is 5.12. The van der Waals surface area contributed by atoms with Crippen LogP contribution in [0.1, 0.15) is 26.7 Å². The highest BCUT2D eigenvalue weighted by Crippen LogP contribution is 2.54. The molecule has 0 bridgehead atoms. The number of hydrogen-bond donors (Lipinski definition) is 0. The van der Waals surface area contributed by atoms with Crippen LogP contribution in [0.4, 0.5) is 0 Å². The zero-order valence-electron chi connectivity index (χ0n) is 10.8. The first-order valence-corrected chi connectivity index (χ1v) is 6.58. The van der Waals surface area contributed by atoms with E-state index in [1.165, 1.54) is 0 Å². The minimum atomic E-state index is -0.588. The summed E-state index contributed by atoms with van der Waals surface area (Å²) in [4.78, 5) is 24.0. The van der Waals surface area contributed by atoms with Crippen molar-refractivity contribution in [2.45, 2.75) is 32.8 Å². The van der Waals surface area contributed by atoms with Gasteiger partial charge in [0.2, 0.25) is 0 Å². The van der Waals surface area contributed by atoms with Crippen LogP contribution in [0, 0.1) is 23.2 Å². The predicted molar refractivity (Wildman–Crippen MR) is 66.7 cm³/mol. The summed E-state index contributed by atoms with van der Waals surface area (Å²) in [6.45, 7) is 7.98. The Balaban J connectivity index is 2.08. The Hall–Kier alpha value is -1.38. The molecule has 3 heteroatoms. The molecule has 2 fully saturated rings. The summed E-state index contributed by atoms with van der Waals surface area (Å²) < 4.78 is 5.49. The highest BCUT2D eigenvalue weighted by atomic mass is 16.6. The maximum absolute atomic E-state index is 12.3. The van der Waals surface area contributed by atoms with E-state index in [1.807, 2.05) is 13.0 Å². The molecule has 3 nitrogen and oxygen atoms in total. The van der Waals surface area contributed by atoms with Crippen molar-refractivity contribution >= 4 is 11.8 Å². The van der Waals surface area contributed by atoms with Gasteiger partial charge in [0.15, 0.2) is 5.78 Å². The third-order valence-electron chi connectivity index (χ3n) is 5.12. The molecule has 96 valence electrons. The molecular weight excluding hydrogens is 228 g/mol. The molecule has 0 amide bonds. The lowest BCUT2D eigenvalue weighted by atomic mass is 9.68. The second-order valence-corrected chi connectivity index (χ2v) is 6.04. The Bertz CT molecular complexity index is 476. The lowest BCUT2D eigenvalue weighted by Gasteiger charge is -2.36. The van der Waals surface area contributed by atoms with Gasteiger partial charge in [-0.05, 0) is 37.7 Å². The quantitative estimate of drug-likeness (QED) is 0.486. The molecule has 0 spiro atoms. The van der Waals surface area contributed by atoms with E-state index in [9.17, 15) is 9.59 Å². The lowest BCUT2D eigenvalue weighted by Crippen LogP contribution is -2.45. The summed E-state index contributed by atoms with van der Waals surface area (Å²) in [6, 6.07) is 0. The van der Waals surface area contributed by atoms with Crippen LogP contribution >= 0.6 is 0 Å². The van der Waals surface area contributed by atoms with Crippen LogP contribution in [0.5, 0.6) is 0 Å². The number of ketones is 1. The van der Waals surface area contributed by atoms with Gasteiger partial charge in [0.1, 0.15) is 6.10 Å². The van der Waals surface area contributed by atoms with Crippen molar-refractivity contribution in [3.8, 4) is 0 Å². The molecule has 3 aliphatic rings.